The van der Waals surface area contributed by atoms with Crippen LogP contribution in [0.1, 0.15) is 17.6 Å². The number of aromatic nitrogens is 3. The summed E-state index contributed by atoms with van der Waals surface area (Å²) in [6.07, 6.45) is 0. The molecule has 10 nitrogen and oxygen atoms in total. The van der Waals surface area contributed by atoms with Crippen LogP contribution in [0.4, 0.5) is 0 Å². The molecule has 140 valence electrons. The number of para-hydroxylation sites is 2. The van der Waals surface area contributed by atoms with Crippen molar-refractivity contribution < 1.29 is 18.5 Å². The molecule has 0 radical (unpaired) electrons. The zero-order chi connectivity index (χ0) is 19.1. The molecule has 0 saturated carbocycles. The number of primary amides is 1. The van der Waals surface area contributed by atoms with Gasteiger partial charge in [0.1, 0.15) is 6.54 Å². The molecule has 2 unspecified atom stereocenters. The van der Waals surface area contributed by atoms with Crippen LogP contribution in [0.3, 0.4) is 0 Å². The lowest BCUT2D eigenvalue weighted by molar-refractivity contribution is -0.131. The van der Waals surface area contributed by atoms with Gasteiger partial charge in [0.15, 0.2) is 11.4 Å². The highest BCUT2D eigenvalue weighted by Gasteiger charge is 2.42. The number of likely N-dealkylation sites (tertiary alicyclic amines) is 1. The Morgan fingerprint density at radius 2 is 2.07 bits per heavy atom. The largest absolute Gasteiger partial charge is 0.420 e. The third-order valence-corrected chi connectivity index (χ3v) is 4.77. The van der Waals surface area contributed by atoms with Gasteiger partial charge in [0.05, 0.1) is 17.4 Å². The maximum absolute atomic E-state index is 12.8. The Kier molecular flexibility index (Phi) is 4.02. The van der Waals surface area contributed by atoms with Crippen LogP contribution in [0.15, 0.2) is 38.0 Å². The highest BCUT2D eigenvalue weighted by Crippen LogP contribution is 2.32. The molecule has 0 bridgehead atoms. The molecule has 2 N–H and O–H groups in total. The minimum atomic E-state index is -0.633. The van der Waals surface area contributed by atoms with E-state index in [1.165, 1.54) is 9.47 Å². The Bertz CT molecular complexity index is 1080. The molecular formula is C17H17N5O5. The number of carbonyl (C=O) groups excluding carboxylic acids is 2. The first-order chi connectivity index (χ1) is 12.9. The lowest BCUT2D eigenvalue weighted by Gasteiger charge is -2.15. The number of hydrogen-bond donors (Lipinski definition) is 1. The molecule has 4 rings (SSSR count). The molecule has 3 heterocycles. The summed E-state index contributed by atoms with van der Waals surface area (Å²) in [6, 6.07) is 6.86. The standard InChI is InChI=1S/C17H17N5O5/c1-9-19-16(27-20-9)11-7-21(6-10(11)15(18)24)14(23)8-22-12-4-2-3-5-13(12)26-17(22)25/h2-5,10-11H,6-8H2,1H3,(H2,18,24). The highest BCUT2D eigenvalue weighted by atomic mass is 16.5. The number of benzene rings is 1. The predicted octanol–water partition coefficient (Wildman–Crippen LogP) is 0.0134. The van der Waals surface area contributed by atoms with E-state index in [-0.39, 0.29) is 31.4 Å². The lowest BCUT2D eigenvalue weighted by atomic mass is 9.95. The van der Waals surface area contributed by atoms with Crippen LogP contribution < -0.4 is 11.5 Å². The van der Waals surface area contributed by atoms with E-state index in [1.54, 1.807) is 31.2 Å². The molecule has 0 spiro atoms. The van der Waals surface area contributed by atoms with E-state index in [4.69, 9.17) is 14.7 Å². The predicted molar refractivity (Wildman–Crippen MR) is 91.5 cm³/mol. The SMILES string of the molecule is Cc1noc(C2CN(C(=O)Cn3c(=O)oc4ccccc43)CC2C(N)=O)n1. The Hall–Kier alpha value is -3.43. The highest BCUT2D eigenvalue weighted by molar-refractivity contribution is 5.83. The first kappa shape index (κ1) is 17.0. The van der Waals surface area contributed by atoms with Gasteiger partial charge in [-0.2, -0.15) is 4.98 Å². The second-order valence-corrected chi connectivity index (χ2v) is 6.52. The fourth-order valence-electron chi connectivity index (χ4n) is 3.41. The Morgan fingerprint density at radius 1 is 1.30 bits per heavy atom. The molecule has 2 aromatic heterocycles. The summed E-state index contributed by atoms with van der Waals surface area (Å²) in [5.41, 5.74) is 6.43. The topological polar surface area (TPSA) is 137 Å². The van der Waals surface area contributed by atoms with E-state index >= 15 is 0 Å². The summed E-state index contributed by atoms with van der Waals surface area (Å²) in [7, 11) is 0. The zero-order valence-corrected chi connectivity index (χ0v) is 14.5. The van der Waals surface area contributed by atoms with Gasteiger partial charge in [-0.3, -0.25) is 14.2 Å². The van der Waals surface area contributed by atoms with E-state index in [9.17, 15) is 14.4 Å². The van der Waals surface area contributed by atoms with Gasteiger partial charge >= 0.3 is 5.76 Å². The van der Waals surface area contributed by atoms with E-state index in [0.29, 0.717) is 16.9 Å². The summed E-state index contributed by atoms with van der Waals surface area (Å²) in [5.74, 6) is -1.87. The normalized spacial score (nSPS) is 19.7. The number of oxazole rings is 1. The zero-order valence-electron chi connectivity index (χ0n) is 14.5. The summed E-state index contributed by atoms with van der Waals surface area (Å²) in [4.78, 5) is 42.3. The van der Waals surface area contributed by atoms with Crippen molar-refractivity contribution in [3.05, 3.63) is 46.5 Å². The van der Waals surface area contributed by atoms with Crippen molar-refractivity contribution in [2.24, 2.45) is 11.7 Å². The number of aryl methyl sites for hydroxylation is 1. The van der Waals surface area contributed by atoms with Gasteiger partial charge in [0.25, 0.3) is 0 Å². The van der Waals surface area contributed by atoms with Crippen LogP contribution in [0, 0.1) is 12.8 Å². The maximum atomic E-state index is 12.8. The fourth-order valence-corrected chi connectivity index (χ4v) is 3.41. The third-order valence-electron chi connectivity index (χ3n) is 4.77. The number of carbonyl (C=O) groups is 2. The Balaban J connectivity index is 1.58. The van der Waals surface area contributed by atoms with Crippen molar-refractivity contribution in [1.29, 1.82) is 0 Å². The molecular weight excluding hydrogens is 354 g/mol. The first-order valence-corrected chi connectivity index (χ1v) is 8.39. The quantitative estimate of drug-likeness (QED) is 0.682. The van der Waals surface area contributed by atoms with Crippen molar-refractivity contribution in [1.82, 2.24) is 19.6 Å². The van der Waals surface area contributed by atoms with E-state index in [0.717, 1.165) is 0 Å². The van der Waals surface area contributed by atoms with Crippen molar-refractivity contribution in [2.45, 2.75) is 19.4 Å². The monoisotopic (exact) mass is 371 g/mol. The second kappa shape index (κ2) is 6.38. The lowest BCUT2D eigenvalue weighted by Crippen LogP contribution is -2.35. The number of nitrogens with two attached hydrogens (primary N) is 1. The smallest absolute Gasteiger partial charge is 0.408 e. The van der Waals surface area contributed by atoms with Gasteiger partial charge in [0, 0.05) is 13.1 Å². The number of fused-ring (bicyclic) bond motifs is 1. The van der Waals surface area contributed by atoms with Gasteiger partial charge in [-0.15, -0.1) is 0 Å². The van der Waals surface area contributed by atoms with Crippen molar-refractivity contribution in [2.75, 3.05) is 13.1 Å². The summed E-state index contributed by atoms with van der Waals surface area (Å²) < 4.78 is 11.6. The van der Waals surface area contributed by atoms with Crippen molar-refractivity contribution in [3.8, 4) is 0 Å². The maximum Gasteiger partial charge on any atom is 0.420 e. The summed E-state index contributed by atoms with van der Waals surface area (Å²) in [5, 5.41) is 3.73. The van der Waals surface area contributed by atoms with Gasteiger partial charge < -0.3 is 19.6 Å². The summed E-state index contributed by atoms with van der Waals surface area (Å²) in [6.45, 7) is 1.81. The molecule has 1 aliphatic rings. The van der Waals surface area contributed by atoms with Crippen LogP contribution in [0.5, 0.6) is 0 Å². The molecule has 2 atom stereocenters. The van der Waals surface area contributed by atoms with Crippen LogP contribution in [-0.2, 0) is 16.1 Å². The summed E-state index contributed by atoms with van der Waals surface area (Å²) >= 11 is 0. The molecule has 0 aliphatic carbocycles. The van der Waals surface area contributed by atoms with Crippen LogP contribution in [-0.4, -0.2) is 44.5 Å². The Labute approximate surface area is 152 Å². The molecule has 1 aromatic carbocycles. The molecule has 27 heavy (non-hydrogen) atoms. The van der Waals surface area contributed by atoms with Gasteiger partial charge in [0.2, 0.25) is 17.7 Å². The minimum Gasteiger partial charge on any atom is -0.408 e. The molecule has 2 amide bonds. The van der Waals surface area contributed by atoms with Crippen molar-refractivity contribution in [3.63, 3.8) is 0 Å². The molecule has 1 aliphatic heterocycles. The van der Waals surface area contributed by atoms with E-state index in [2.05, 4.69) is 10.1 Å². The second-order valence-electron chi connectivity index (χ2n) is 6.52. The number of nitrogens with zero attached hydrogens (tertiary/aromatic N) is 4. The van der Waals surface area contributed by atoms with Crippen LogP contribution in [0.25, 0.3) is 11.1 Å². The average molecular weight is 371 g/mol. The number of amides is 2. The Morgan fingerprint density at radius 3 is 2.78 bits per heavy atom. The molecule has 1 fully saturated rings. The molecule has 10 heteroatoms. The first-order valence-electron chi connectivity index (χ1n) is 8.39. The van der Waals surface area contributed by atoms with Crippen LogP contribution in [0.2, 0.25) is 0 Å². The number of hydrogen-bond acceptors (Lipinski definition) is 7. The van der Waals surface area contributed by atoms with Crippen molar-refractivity contribution >= 4 is 22.9 Å². The van der Waals surface area contributed by atoms with Gasteiger partial charge in [-0.25, -0.2) is 4.79 Å². The van der Waals surface area contributed by atoms with E-state index < -0.39 is 23.5 Å². The van der Waals surface area contributed by atoms with Gasteiger partial charge in [-0.05, 0) is 19.1 Å². The third kappa shape index (κ3) is 2.98. The fraction of sp³-hybridized carbons (Fsp3) is 0.353. The van der Waals surface area contributed by atoms with E-state index in [1.807, 2.05) is 0 Å². The molecule has 1 saturated heterocycles. The average Bonchev–Trinajstić information content (AvgIpc) is 3.32. The molecule has 3 aromatic rings. The number of rotatable bonds is 4. The minimum absolute atomic E-state index is 0.130. The van der Waals surface area contributed by atoms with Gasteiger partial charge in [-0.1, -0.05) is 17.3 Å². The van der Waals surface area contributed by atoms with Crippen LogP contribution >= 0.6 is 0 Å².